The van der Waals surface area contributed by atoms with Gasteiger partial charge in [0, 0.05) is 31.1 Å². The molecule has 170 valence electrons. The van der Waals surface area contributed by atoms with Crippen molar-refractivity contribution in [2.24, 2.45) is 0 Å². The molecule has 0 amide bonds. The molecular formula is C25H21Cl2NO5. The monoisotopic (exact) mass is 485 g/mol. The number of carbonyl (C=O) groups excluding carboxylic acids is 1. The first-order valence-electron chi connectivity index (χ1n) is 10.9. The lowest BCUT2D eigenvalue weighted by atomic mass is 9.73. The highest BCUT2D eigenvalue weighted by Crippen LogP contribution is 2.50. The average Bonchev–Trinajstić information content (AvgIpc) is 3.42. The molecule has 6 nitrogen and oxygen atoms in total. The zero-order chi connectivity index (χ0) is 22.7. The van der Waals surface area contributed by atoms with Crippen molar-refractivity contribution < 1.29 is 24.1 Å². The van der Waals surface area contributed by atoms with E-state index in [0.29, 0.717) is 15.8 Å². The van der Waals surface area contributed by atoms with Crippen LogP contribution >= 0.6 is 23.2 Å². The van der Waals surface area contributed by atoms with Crippen molar-refractivity contribution >= 4 is 35.2 Å². The Balaban J connectivity index is 1.31. The Kier molecular flexibility index (Phi) is 5.14. The van der Waals surface area contributed by atoms with Crippen LogP contribution in [0.15, 0.2) is 48.1 Å². The highest BCUT2D eigenvalue weighted by Gasteiger charge is 2.50. The molecule has 3 aliphatic heterocycles. The molecule has 6 rings (SSSR count). The predicted molar refractivity (Wildman–Crippen MR) is 124 cm³/mol. The molecule has 0 bridgehead atoms. The average molecular weight is 486 g/mol. The Morgan fingerprint density at radius 3 is 2.79 bits per heavy atom. The quantitative estimate of drug-likeness (QED) is 0.396. The number of ether oxygens (including phenoxy) is 3. The maximum Gasteiger partial charge on any atom is 0.331 e. The van der Waals surface area contributed by atoms with E-state index in [1.165, 1.54) is 11.6 Å². The zero-order valence-electron chi connectivity index (χ0n) is 17.5. The summed E-state index contributed by atoms with van der Waals surface area (Å²) in [5.41, 5.74) is 4.08. The molecule has 4 atom stereocenters. The van der Waals surface area contributed by atoms with Crippen LogP contribution in [0.25, 0.3) is 6.08 Å². The van der Waals surface area contributed by atoms with Crippen LogP contribution in [-0.2, 0) is 16.1 Å². The van der Waals surface area contributed by atoms with Crippen LogP contribution < -0.4 is 9.47 Å². The highest BCUT2D eigenvalue weighted by molar-refractivity contribution is 6.42. The summed E-state index contributed by atoms with van der Waals surface area (Å²) in [4.78, 5) is 15.2. The summed E-state index contributed by atoms with van der Waals surface area (Å²) in [6, 6.07) is 9.20. The summed E-state index contributed by atoms with van der Waals surface area (Å²) in [5.74, 6) is 0.703. The van der Waals surface area contributed by atoms with Gasteiger partial charge < -0.3 is 19.3 Å². The summed E-state index contributed by atoms with van der Waals surface area (Å²) in [5, 5.41) is 11.8. The van der Waals surface area contributed by atoms with Gasteiger partial charge in [0.05, 0.1) is 10.0 Å². The van der Waals surface area contributed by atoms with E-state index in [2.05, 4.69) is 4.90 Å². The van der Waals surface area contributed by atoms with Crippen LogP contribution in [0.3, 0.4) is 0 Å². The molecule has 1 N–H and O–H groups in total. The van der Waals surface area contributed by atoms with Gasteiger partial charge in [-0.05, 0) is 53.5 Å². The Hall–Kier alpha value is -2.51. The lowest BCUT2D eigenvalue weighted by molar-refractivity contribution is -0.150. The fourth-order valence-electron chi connectivity index (χ4n) is 5.43. The molecule has 0 aromatic heterocycles. The van der Waals surface area contributed by atoms with Crippen molar-refractivity contribution in [3.8, 4) is 11.5 Å². The fraction of sp³-hybridized carbons (Fsp3) is 0.320. The second-order valence-corrected chi connectivity index (χ2v) is 9.55. The normalized spacial score (nSPS) is 27.3. The van der Waals surface area contributed by atoms with E-state index in [0.717, 1.165) is 42.0 Å². The Morgan fingerprint density at radius 2 is 1.97 bits per heavy atom. The SMILES string of the molecule is O=C(/C=C/c1ccc(Cl)c(Cl)c1)O[C@H]1C2c3cc4c(cc3CN3CCC(=C[C@@H]1O)C23)OCO4. The number of hydrogen-bond donors (Lipinski definition) is 1. The molecule has 4 aliphatic rings. The number of esters is 1. The molecular weight excluding hydrogens is 465 g/mol. The minimum Gasteiger partial charge on any atom is -0.455 e. The number of rotatable bonds is 3. The van der Waals surface area contributed by atoms with Crippen LogP contribution in [-0.4, -0.2) is 47.6 Å². The number of carbonyl (C=O) groups is 1. The van der Waals surface area contributed by atoms with Gasteiger partial charge in [0.1, 0.15) is 12.2 Å². The third-order valence-electron chi connectivity index (χ3n) is 6.85. The number of nitrogens with zero attached hydrogens (tertiary/aromatic N) is 1. The number of fused-ring (bicyclic) bond motifs is 3. The summed E-state index contributed by atoms with van der Waals surface area (Å²) >= 11 is 12.0. The number of halogens is 2. The summed E-state index contributed by atoms with van der Waals surface area (Å²) in [7, 11) is 0. The molecule has 0 saturated carbocycles. The van der Waals surface area contributed by atoms with Crippen LogP contribution in [0.2, 0.25) is 10.0 Å². The molecule has 33 heavy (non-hydrogen) atoms. The summed E-state index contributed by atoms with van der Waals surface area (Å²) < 4.78 is 17.1. The van der Waals surface area contributed by atoms with Gasteiger partial charge in [-0.2, -0.15) is 0 Å². The molecule has 2 unspecified atom stereocenters. The standard InChI is InChI=1S/C25H21Cl2NO5/c26-17-3-1-13(7-18(17)27)2-4-22(30)33-25-19(29)8-14-5-6-28-11-15-9-20-21(32-12-31-20)10-16(15)23(25)24(14)28/h1-4,7-10,19,23-25,29H,5-6,11-12H2/b4-2+/t19-,23?,24?,25+/m0/s1. The van der Waals surface area contributed by atoms with Gasteiger partial charge in [0.25, 0.3) is 0 Å². The second-order valence-electron chi connectivity index (χ2n) is 8.74. The number of hydrogen-bond acceptors (Lipinski definition) is 6. The van der Waals surface area contributed by atoms with Gasteiger partial charge in [-0.15, -0.1) is 0 Å². The van der Waals surface area contributed by atoms with E-state index in [-0.39, 0.29) is 18.8 Å². The van der Waals surface area contributed by atoms with Crippen LogP contribution in [0.1, 0.15) is 29.0 Å². The number of aliphatic hydroxyl groups is 1. The van der Waals surface area contributed by atoms with E-state index in [4.69, 9.17) is 37.4 Å². The minimum atomic E-state index is -0.889. The minimum absolute atomic E-state index is 0.0955. The van der Waals surface area contributed by atoms with Crippen molar-refractivity contribution in [3.63, 3.8) is 0 Å². The lowest BCUT2D eigenvalue weighted by Crippen LogP contribution is -2.51. The molecule has 1 fully saturated rings. The maximum atomic E-state index is 12.8. The maximum absolute atomic E-state index is 12.8. The van der Waals surface area contributed by atoms with Gasteiger partial charge >= 0.3 is 5.97 Å². The van der Waals surface area contributed by atoms with Gasteiger partial charge in [-0.3, -0.25) is 4.90 Å². The Bertz CT molecular complexity index is 1210. The van der Waals surface area contributed by atoms with Crippen LogP contribution in [0, 0.1) is 0 Å². The van der Waals surface area contributed by atoms with Gasteiger partial charge in [0.2, 0.25) is 6.79 Å². The fourth-order valence-corrected chi connectivity index (χ4v) is 5.73. The van der Waals surface area contributed by atoms with E-state index >= 15 is 0 Å². The molecule has 8 heteroatoms. The van der Waals surface area contributed by atoms with Crippen molar-refractivity contribution in [2.45, 2.75) is 37.1 Å². The lowest BCUT2D eigenvalue weighted by Gasteiger charge is -2.45. The number of aliphatic hydroxyl groups excluding tert-OH is 1. The smallest absolute Gasteiger partial charge is 0.331 e. The first kappa shape index (κ1) is 21.1. The topological polar surface area (TPSA) is 68.2 Å². The van der Waals surface area contributed by atoms with E-state index in [1.807, 2.05) is 18.2 Å². The summed E-state index contributed by atoms with van der Waals surface area (Å²) in [6.45, 7) is 1.89. The Morgan fingerprint density at radius 1 is 1.15 bits per heavy atom. The molecule has 1 aliphatic carbocycles. The van der Waals surface area contributed by atoms with Gasteiger partial charge in [0.15, 0.2) is 11.5 Å². The van der Waals surface area contributed by atoms with Gasteiger partial charge in [-0.25, -0.2) is 4.79 Å². The summed E-state index contributed by atoms with van der Waals surface area (Å²) in [6.07, 6.45) is 4.12. The Labute approximate surface area is 200 Å². The second kappa shape index (κ2) is 8.06. The number of benzene rings is 2. The molecule has 0 spiro atoms. The first-order valence-corrected chi connectivity index (χ1v) is 11.6. The highest BCUT2D eigenvalue weighted by atomic mass is 35.5. The van der Waals surface area contributed by atoms with Crippen LogP contribution in [0.4, 0.5) is 0 Å². The van der Waals surface area contributed by atoms with Crippen LogP contribution in [0.5, 0.6) is 11.5 Å². The van der Waals surface area contributed by atoms with Crippen molar-refractivity contribution in [2.75, 3.05) is 13.3 Å². The molecule has 2 aromatic carbocycles. The molecule has 3 heterocycles. The predicted octanol–water partition coefficient (Wildman–Crippen LogP) is 4.32. The van der Waals surface area contributed by atoms with E-state index in [1.54, 1.807) is 24.3 Å². The van der Waals surface area contributed by atoms with E-state index in [9.17, 15) is 9.90 Å². The molecule has 2 aromatic rings. The zero-order valence-corrected chi connectivity index (χ0v) is 19.1. The van der Waals surface area contributed by atoms with Crippen molar-refractivity contribution in [1.29, 1.82) is 0 Å². The van der Waals surface area contributed by atoms with E-state index < -0.39 is 18.2 Å². The van der Waals surface area contributed by atoms with Crippen molar-refractivity contribution in [3.05, 3.63) is 74.8 Å². The molecule has 0 radical (unpaired) electrons. The largest absolute Gasteiger partial charge is 0.455 e. The van der Waals surface area contributed by atoms with Gasteiger partial charge in [-0.1, -0.05) is 40.9 Å². The third-order valence-corrected chi connectivity index (χ3v) is 7.59. The molecule has 1 saturated heterocycles. The van der Waals surface area contributed by atoms with Crippen molar-refractivity contribution in [1.82, 2.24) is 4.90 Å². The first-order chi connectivity index (χ1) is 16.0. The third kappa shape index (κ3) is 3.62.